The summed E-state index contributed by atoms with van der Waals surface area (Å²) >= 11 is 0. The van der Waals surface area contributed by atoms with E-state index in [2.05, 4.69) is 0 Å². The van der Waals surface area contributed by atoms with Crippen molar-refractivity contribution >= 4 is 23.7 Å². The van der Waals surface area contributed by atoms with Crippen LogP contribution >= 0.6 is 7.60 Å². The molecule has 0 spiro atoms. The number of aryl methyl sites for hydroxylation is 1. The van der Waals surface area contributed by atoms with Gasteiger partial charge in [0, 0.05) is 0 Å². The largest absolute Gasteiger partial charge is 0.357 e. The molecule has 0 saturated heterocycles. The first kappa shape index (κ1) is 12.3. The van der Waals surface area contributed by atoms with Crippen molar-refractivity contribution in [3.8, 4) is 0 Å². The summed E-state index contributed by atoms with van der Waals surface area (Å²) in [4.78, 5) is 19.0. The minimum Gasteiger partial charge on any atom is -0.321 e. The van der Waals surface area contributed by atoms with Crippen LogP contribution < -0.4 is 5.30 Å². The van der Waals surface area contributed by atoms with E-state index in [-0.39, 0.29) is 5.30 Å². The maximum Gasteiger partial charge on any atom is 0.357 e. The fourth-order valence-electron chi connectivity index (χ4n) is 2.12. The third kappa shape index (κ3) is 2.42. The molecule has 0 atom stereocenters. The van der Waals surface area contributed by atoms with E-state index in [4.69, 9.17) is 0 Å². The molecule has 2 aromatic carbocycles. The molecule has 0 fully saturated rings. The first-order chi connectivity index (χ1) is 8.04. The standard InChI is InChI=1S/C13H15O3P/c1-2-5-11-9-8-10-6-3-4-7-12(10)13(11)17(14,15)16/h3-4,6-9H,2,5H2,1H3,(H2,14,15,16). The van der Waals surface area contributed by atoms with Gasteiger partial charge >= 0.3 is 7.60 Å². The van der Waals surface area contributed by atoms with Crippen LogP contribution in [0.15, 0.2) is 36.4 Å². The quantitative estimate of drug-likeness (QED) is 0.823. The maximum atomic E-state index is 11.6. The Hall–Kier alpha value is -1.15. The van der Waals surface area contributed by atoms with Gasteiger partial charge in [-0.15, -0.1) is 0 Å². The summed E-state index contributed by atoms with van der Waals surface area (Å²) in [6.45, 7) is 2.00. The van der Waals surface area contributed by atoms with Gasteiger partial charge in [-0.2, -0.15) is 0 Å². The van der Waals surface area contributed by atoms with E-state index >= 15 is 0 Å². The van der Waals surface area contributed by atoms with Crippen LogP contribution in [-0.4, -0.2) is 9.79 Å². The molecular weight excluding hydrogens is 235 g/mol. The van der Waals surface area contributed by atoms with Crippen LogP contribution in [0.25, 0.3) is 10.8 Å². The summed E-state index contributed by atoms with van der Waals surface area (Å²) in [6.07, 6.45) is 1.55. The van der Waals surface area contributed by atoms with E-state index < -0.39 is 7.60 Å². The van der Waals surface area contributed by atoms with Crippen LogP contribution in [0, 0.1) is 0 Å². The highest BCUT2D eigenvalue weighted by Gasteiger charge is 2.23. The fourth-order valence-corrected chi connectivity index (χ4v) is 3.19. The Morgan fingerprint density at radius 1 is 1.12 bits per heavy atom. The molecule has 0 saturated carbocycles. The first-order valence-electron chi connectivity index (χ1n) is 5.60. The monoisotopic (exact) mass is 250 g/mol. The molecule has 2 rings (SSSR count). The second-order valence-corrected chi connectivity index (χ2v) is 5.62. The number of benzene rings is 2. The van der Waals surface area contributed by atoms with Crippen molar-refractivity contribution in [3.05, 3.63) is 42.0 Å². The fraction of sp³-hybridized carbons (Fsp3) is 0.231. The van der Waals surface area contributed by atoms with Gasteiger partial charge in [0.25, 0.3) is 0 Å². The van der Waals surface area contributed by atoms with Crippen molar-refractivity contribution < 1.29 is 14.4 Å². The summed E-state index contributed by atoms with van der Waals surface area (Å²) in [7, 11) is -4.23. The molecule has 0 bridgehead atoms. The number of hydrogen-bond donors (Lipinski definition) is 2. The smallest absolute Gasteiger partial charge is 0.321 e. The molecule has 0 aliphatic heterocycles. The second-order valence-electron chi connectivity index (χ2n) is 4.09. The zero-order valence-electron chi connectivity index (χ0n) is 9.63. The molecule has 2 N–H and O–H groups in total. The molecule has 0 radical (unpaired) electrons. The lowest BCUT2D eigenvalue weighted by Gasteiger charge is -2.13. The highest BCUT2D eigenvalue weighted by Crippen LogP contribution is 2.38. The van der Waals surface area contributed by atoms with E-state index in [1.807, 2.05) is 31.2 Å². The molecule has 0 aliphatic rings. The SMILES string of the molecule is CCCc1ccc2ccccc2c1P(=O)(O)O. The Labute approximate surface area is 100 Å². The highest BCUT2D eigenvalue weighted by atomic mass is 31.2. The Balaban J connectivity index is 2.80. The van der Waals surface area contributed by atoms with Gasteiger partial charge < -0.3 is 9.79 Å². The molecule has 0 amide bonds. The molecule has 90 valence electrons. The predicted octanol–water partition coefficient (Wildman–Crippen LogP) is 2.60. The van der Waals surface area contributed by atoms with Crippen molar-refractivity contribution in [3.63, 3.8) is 0 Å². The molecule has 0 aliphatic carbocycles. The average Bonchev–Trinajstić information content (AvgIpc) is 2.27. The zero-order chi connectivity index (χ0) is 12.5. The third-order valence-electron chi connectivity index (χ3n) is 2.79. The Kier molecular flexibility index (Phi) is 3.34. The van der Waals surface area contributed by atoms with E-state index in [9.17, 15) is 14.4 Å². The lowest BCUT2D eigenvalue weighted by molar-refractivity contribution is 0.387. The van der Waals surface area contributed by atoms with Crippen LogP contribution in [0.4, 0.5) is 0 Å². The summed E-state index contributed by atoms with van der Waals surface area (Å²) in [5.41, 5.74) is 0.750. The van der Waals surface area contributed by atoms with E-state index in [1.165, 1.54) is 0 Å². The Bertz CT molecular complexity index is 586. The summed E-state index contributed by atoms with van der Waals surface area (Å²) < 4.78 is 11.6. The Morgan fingerprint density at radius 3 is 2.47 bits per heavy atom. The second kappa shape index (κ2) is 4.61. The van der Waals surface area contributed by atoms with Crippen LogP contribution in [0.3, 0.4) is 0 Å². The topological polar surface area (TPSA) is 57.5 Å². The predicted molar refractivity (Wildman–Crippen MR) is 69.6 cm³/mol. The van der Waals surface area contributed by atoms with Crippen LogP contribution in [0.2, 0.25) is 0 Å². The minimum absolute atomic E-state index is 0.192. The summed E-state index contributed by atoms with van der Waals surface area (Å²) in [5.74, 6) is 0. The molecule has 0 aromatic heterocycles. The van der Waals surface area contributed by atoms with Gasteiger partial charge in [0.15, 0.2) is 0 Å². The van der Waals surface area contributed by atoms with Gasteiger partial charge in [-0.3, -0.25) is 4.57 Å². The van der Waals surface area contributed by atoms with E-state index in [0.29, 0.717) is 11.8 Å². The van der Waals surface area contributed by atoms with E-state index in [0.717, 1.165) is 17.4 Å². The number of fused-ring (bicyclic) bond motifs is 1. The third-order valence-corrected chi connectivity index (χ3v) is 3.91. The van der Waals surface area contributed by atoms with Crippen molar-refractivity contribution in [2.45, 2.75) is 19.8 Å². The van der Waals surface area contributed by atoms with Gasteiger partial charge in [0.05, 0.1) is 5.30 Å². The van der Waals surface area contributed by atoms with Crippen LogP contribution in [-0.2, 0) is 11.0 Å². The van der Waals surface area contributed by atoms with Crippen molar-refractivity contribution in [1.82, 2.24) is 0 Å². The van der Waals surface area contributed by atoms with Crippen molar-refractivity contribution in [2.75, 3.05) is 0 Å². The molecular formula is C13H15O3P. The lowest BCUT2D eigenvalue weighted by atomic mass is 10.0. The average molecular weight is 250 g/mol. The lowest BCUT2D eigenvalue weighted by Crippen LogP contribution is -2.12. The normalized spacial score (nSPS) is 11.9. The summed E-state index contributed by atoms with van der Waals surface area (Å²) in [5, 5.41) is 1.72. The molecule has 3 nitrogen and oxygen atoms in total. The van der Waals surface area contributed by atoms with Gasteiger partial charge in [-0.1, -0.05) is 49.7 Å². The Morgan fingerprint density at radius 2 is 1.82 bits per heavy atom. The number of hydrogen-bond acceptors (Lipinski definition) is 1. The minimum atomic E-state index is -4.23. The molecule has 0 unspecified atom stereocenters. The molecule has 0 heterocycles. The van der Waals surface area contributed by atoms with Crippen LogP contribution in [0.1, 0.15) is 18.9 Å². The molecule has 4 heteroatoms. The van der Waals surface area contributed by atoms with Crippen molar-refractivity contribution in [2.24, 2.45) is 0 Å². The first-order valence-corrected chi connectivity index (χ1v) is 7.22. The molecule has 2 aromatic rings. The van der Waals surface area contributed by atoms with Gasteiger partial charge in [0.1, 0.15) is 0 Å². The highest BCUT2D eigenvalue weighted by molar-refractivity contribution is 7.61. The van der Waals surface area contributed by atoms with Gasteiger partial charge in [-0.05, 0) is 22.8 Å². The van der Waals surface area contributed by atoms with Gasteiger partial charge in [0.2, 0.25) is 0 Å². The molecule has 17 heavy (non-hydrogen) atoms. The van der Waals surface area contributed by atoms with Crippen LogP contribution in [0.5, 0.6) is 0 Å². The van der Waals surface area contributed by atoms with Crippen molar-refractivity contribution in [1.29, 1.82) is 0 Å². The summed E-state index contributed by atoms with van der Waals surface area (Å²) in [6, 6.07) is 11.0. The maximum absolute atomic E-state index is 11.6. The zero-order valence-corrected chi connectivity index (χ0v) is 10.5. The number of rotatable bonds is 3. The van der Waals surface area contributed by atoms with Gasteiger partial charge in [-0.25, -0.2) is 0 Å². The van der Waals surface area contributed by atoms with E-state index in [1.54, 1.807) is 12.1 Å².